The van der Waals surface area contributed by atoms with Crippen molar-refractivity contribution < 1.29 is 0 Å². The first kappa shape index (κ1) is 14.9. The minimum absolute atomic E-state index is 0.210. The van der Waals surface area contributed by atoms with Crippen LogP contribution >= 0.6 is 22.9 Å². The van der Waals surface area contributed by atoms with Gasteiger partial charge in [0.15, 0.2) is 0 Å². The van der Waals surface area contributed by atoms with E-state index in [2.05, 4.69) is 33.8 Å². The first-order chi connectivity index (χ1) is 9.63. The van der Waals surface area contributed by atoms with Crippen LogP contribution < -0.4 is 9.80 Å². The smallest absolute Gasteiger partial charge is 0.231 e. The van der Waals surface area contributed by atoms with Gasteiger partial charge < -0.3 is 9.80 Å². The van der Waals surface area contributed by atoms with Crippen molar-refractivity contribution in [3.63, 3.8) is 0 Å². The lowest BCUT2D eigenvalue weighted by Crippen LogP contribution is -2.26. The van der Waals surface area contributed by atoms with Gasteiger partial charge in [0.2, 0.25) is 17.2 Å². The number of halogens is 1. The molecule has 0 aliphatic heterocycles. The predicted molar refractivity (Wildman–Crippen MR) is 82.6 cm³/mol. The van der Waals surface area contributed by atoms with Crippen molar-refractivity contribution in [2.45, 2.75) is 20.4 Å². The van der Waals surface area contributed by atoms with Crippen LogP contribution in [0.4, 0.5) is 11.9 Å². The van der Waals surface area contributed by atoms with Crippen molar-refractivity contribution in [2.24, 2.45) is 0 Å². The first-order valence-corrected chi connectivity index (χ1v) is 7.70. The van der Waals surface area contributed by atoms with Crippen molar-refractivity contribution in [1.29, 1.82) is 0 Å². The van der Waals surface area contributed by atoms with Gasteiger partial charge in [0, 0.05) is 25.5 Å². The molecule has 0 aromatic carbocycles. The number of anilines is 2. The highest BCUT2D eigenvalue weighted by molar-refractivity contribution is 7.07. The summed E-state index contributed by atoms with van der Waals surface area (Å²) in [5, 5.41) is 2.21. The van der Waals surface area contributed by atoms with E-state index in [1.54, 1.807) is 11.3 Å². The van der Waals surface area contributed by atoms with Gasteiger partial charge in [-0.3, -0.25) is 0 Å². The summed E-state index contributed by atoms with van der Waals surface area (Å²) in [6, 6.07) is 0. The highest BCUT2D eigenvalue weighted by Crippen LogP contribution is 2.17. The molecule has 2 aromatic rings. The molecule has 6 nitrogen and oxygen atoms in total. The molecule has 0 amide bonds. The number of hydrogen-bond acceptors (Lipinski definition) is 7. The second kappa shape index (κ2) is 6.81. The number of thiazole rings is 1. The van der Waals surface area contributed by atoms with E-state index >= 15 is 0 Å². The summed E-state index contributed by atoms with van der Waals surface area (Å²) < 4.78 is 0. The summed E-state index contributed by atoms with van der Waals surface area (Å²) in [4.78, 5) is 21.0. The van der Waals surface area contributed by atoms with Gasteiger partial charge in [0.25, 0.3) is 0 Å². The molecule has 20 heavy (non-hydrogen) atoms. The van der Waals surface area contributed by atoms with Crippen LogP contribution in [0.2, 0.25) is 5.28 Å². The minimum Gasteiger partial charge on any atom is -0.341 e. The van der Waals surface area contributed by atoms with E-state index in [1.807, 2.05) is 27.7 Å². The van der Waals surface area contributed by atoms with Crippen molar-refractivity contribution in [2.75, 3.05) is 29.9 Å². The molecule has 2 aromatic heterocycles. The Morgan fingerprint density at radius 1 is 1.15 bits per heavy atom. The Hall–Kier alpha value is -1.47. The standard InChI is InChI=1S/C12H17ClN6S/c1-4-19(5-2)12-16-10(13)15-11(17-12)18(3)6-9-7-20-8-14-9/h7-8H,4-6H2,1-3H3. The molecule has 0 N–H and O–H groups in total. The third kappa shape index (κ3) is 3.55. The van der Waals surface area contributed by atoms with Crippen LogP contribution in [0.25, 0.3) is 0 Å². The van der Waals surface area contributed by atoms with Crippen LogP contribution in [0.5, 0.6) is 0 Å². The van der Waals surface area contributed by atoms with Gasteiger partial charge in [-0.05, 0) is 25.4 Å². The fraction of sp³-hybridized carbons (Fsp3) is 0.500. The van der Waals surface area contributed by atoms with Crippen LogP contribution in [0.1, 0.15) is 19.5 Å². The van der Waals surface area contributed by atoms with Gasteiger partial charge in [-0.2, -0.15) is 15.0 Å². The monoisotopic (exact) mass is 312 g/mol. The quantitative estimate of drug-likeness (QED) is 0.816. The summed E-state index contributed by atoms with van der Waals surface area (Å²) in [6.45, 7) is 6.40. The Morgan fingerprint density at radius 2 is 1.85 bits per heavy atom. The molecule has 0 unspecified atom stereocenters. The van der Waals surface area contributed by atoms with Crippen molar-refractivity contribution in [3.8, 4) is 0 Å². The Balaban J connectivity index is 2.22. The van der Waals surface area contributed by atoms with Crippen molar-refractivity contribution >= 4 is 34.8 Å². The zero-order chi connectivity index (χ0) is 14.5. The molecule has 0 saturated heterocycles. The molecule has 0 atom stereocenters. The van der Waals surface area contributed by atoms with Gasteiger partial charge in [-0.15, -0.1) is 11.3 Å². The second-order valence-electron chi connectivity index (χ2n) is 4.21. The van der Waals surface area contributed by atoms with Crippen LogP contribution in [0.3, 0.4) is 0 Å². The molecule has 108 valence electrons. The van der Waals surface area contributed by atoms with Gasteiger partial charge in [-0.1, -0.05) is 0 Å². The van der Waals surface area contributed by atoms with Gasteiger partial charge in [0.1, 0.15) is 0 Å². The topological polar surface area (TPSA) is 58.0 Å². The zero-order valence-electron chi connectivity index (χ0n) is 11.7. The van der Waals surface area contributed by atoms with E-state index in [-0.39, 0.29) is 5.28 Å². The summed E-state index contributed by atoms with van der Waals surface area (Å²) >= 11 is 7.57. The lowest BCUT2D eigenvalue weighted by molar-refractivity contribution is 0.787. The maximum absolute atomic E-state index is 6.00. The van der Waals surface area contributed by atoms with E-state index < -0.39 is 0 Å². The van der Waals surface area contributed by atoms with Gasteiger partial charge in [-0.25, -0.2) is 4.98 Å². The van der Waals surface area contributed by atoms with Crippen LogP contribution in [0, 0.1) is 0 Å². The normalized spacial score (nSPS) is 10.6. The van der Waals surface area contributed by atoms with Gasteiger partial charge >= 0.3 is 0 Å². The largest absolute Gasteiger partial charge is 0.341 e. The summed E-state index contributed by atoms with van der Waals surface area (Å²) in [7, 11) is 1.91. The average Bonchev–Trinajstić information content (AvgIpc) is 2.92. The molecular weight excluding hydrogens is 296 g/mol. The number of hydrogen-bond donors (Lipinski definition) is 0. The Morgan fingerprint density at radius 3 is 2.45 bits per heavy atom. The highest BCUT2D eigenvalue weighted by atomic mass is 35.5. The molecule has 0 bridgehead atoms. The molecule has 0 spiro atoms. The SMILES string of the molecule is CCN(CC)c1nc(Cl)nc(N(C)Cc2cscn2)n1. The molecule has 0 aliphatic carbocycles. The van der Waals surface area contributed by atoms with E-state index in [0.29, 0.717) is 18.4 Å². The van der Waals surface area contributed by atoms with E-state index in [1.165, 1.54) is 0 Å². The predicted octanol–water partition coefficient (Wildman–Crippen LogP) is 2.46. The number of nitrogens with zero attached hydrogens (tertiary/aromatic N) is 6. The van der Waals surface area contributed by atoms with E-state index in [4.69, 9.17) is 11.6 Å². The maximum Gasteiger partial charge on any atom is 0.231 e. The van der Waals surface area contributed by atoms with E-state index in [0.717, 1.165) is 18.8 Å². The zero-order valence-corrected chi connectivity index (χ0v) is 13.3. The summed E-state index contributed by atoms with van der Waals surface area (Å²) in [6.07, 6.45) is 0. The molecular formula is C12H17ClN6S. The molecule has 2 rings (SSSR count). The molecule has 8 heteroatoms. The van der Waals surface area contributed by atoms with Crippen molar-refractivity contribution in [3.05, 3.63) is 21.9 Å². The van der Waals surface area contributed by atoms with Crippen LogP contribution in [0.15, 0.2) is 10.9 Å². The Labute approximate surface area is 127 Å². The van der Waals surface area contributed by atoms with Crippen LogP contribution in [-0.2, 0) is 6.54 Å². The molecule has 0 saturated carbocycles. The third-order valence-electron chi connectivity index (χ3n) is 2.85. The molecule has 2 heterocycles. The average molecular weight is 313 g/mol. The molecule has 0 aliphatic rings. The Bertz CT molecular complexity index is 543. The fourth-order valence-electron chi connectivity index (χ4n) is 1.78. The first-order valence-electron chi connectivity index (χ1n) is 6.38. The van der Waals surface area contributed by atoms with E-state index in [9.17, 15) is 0 Å². The summed E-state index contributed by atoms with van der Waals surface area (Å²) in [5.74, 6) is 1.16. The second-order valence-corrected chi connectivity index (χ2v) is 5.27. The minimum atomic E-state index is 0.210. The highest BCUT2D eigenvalue weighted by Gasteiger charge is 2.13. The maximum atomic E-state index is 6.00. The third-order valence-corrected chi connectivity index (χ3v) is 3.66. The fourth-order valence-corrected chi connectivity index (χ4v) is 2.48. The lowest BCUT2D eigenvalue weighted by Gasteiger charge is -2.21. The molecule has 0 radical (unpaired) electrons. The van der Waals surface area contributed by atoms with Crippen molar-refractivity contribution in [1.82, 2.24) is 19.9 Å². The lowest BCUT2D eigenvalue weighted by atomic mass is 10.4. The summed E-state index contributed by atoms with van der Waals surface area (Å²) in [5.41, 5.74) is 2.80. The van der Waals surface area contributed by atoms with Gasteiger partial charge in [0.05, 0.1) is 17.7 Å². The molecule has 0 fully saturated rings. The Kier molecular flexibility index (Phi) is 5.08. The number of aromatic nitrogens is 4. The number of rotatable bonds is 6. The van der Waals surface area contributed by atoms with Crippen LogP contribution in [-0.4, -0.2) is 40.1 Å².